The summed E-state index contributed by atoms with van der Waals surface area (Å²) in [4.78, 5) is 0. The van der Waals surface area contributed by atoms with E-state index in [0.717, 1.165) is 40.3 Å². The number of benzene rings is 2. The lowest BCUT2D eigenvalue weighted by atomic mass is 9.78. The van der Waals surface area contributed by atoms with Crippen LogP contribution < -0.4 is 0 Å². The van der Waals surface area contributed by atoms with E-state index in [1.54, 1.807) is 0 Å². The zero-order valence-electron chi connectivity index (χ0n) is 10.7. The second-order valence-corrected chi connectivity index (χ2v) is 5.49. The fourth-order valence-corrected chi connectivity index (χ4v) is 2.96. The molecule has 1 N–H and O–H groups in total. The van der Waals surface area contributed by atoms with Crippen LogP contribution in [0.3, 0.4) is 0 Å². The molecule has 2 nitrogen and oxygen atoms in total. The minimum Gasteiger partial charge on any atom is -0.456 e. The van der Waals surface area contributed by atoms with Crippen molar-refractivity contribution in [1.82, 2.24) is 0 Å². The average molecular weight is 252 g/mol. The summed E-state index contributed by atoms with van der Waals surface area (Å²) in [5.74, 6) is 0.440. The molecule has 1 heterocycles. The van der Waals surface area contributed by atoms with E-state index in [2.05, 4.69) is 12.1 Å². The van der Waals surface area contributed by atoms with E-state index >= 15 is 0 Å². The molecule has 19 heavy (non-hydrogen) atoms. The molecule has 3 aromatic rings. The molecule has 1 aliphatic rings. The highest BCUT2D eigenvalue weighted by Crippen LogP contribution is 2.39. The van der Waals surface area contributed by atoms with Crippen LogP contribution in [0.25, 0.3) is 21.9 Å². The van der Waals surface area contributed by atoms with Crippen molar-refractivity contribution in [3.8, 4) is 0 Å². The molecule has 2 aromatic carbocycles. The molecule has 1 aromatic heterocycles. The number of fused-ring (bicyclic) bond motifs is 3. The highest BCUT2D eigenvalue weighted by Gasteiger charge is 2.27. The molecule has 1 saturated carbocycles. The van der Waals surface area contributed by atoms with E-state index in [9.17, 15) is 5.11 Å². The summed E-state index contributed by atoms with van der Waals surface area (Å²) in [6.45, 7) is 0. The molecule has 0 saturated heterocycles. The van der Waals surface area contributed by atoms with Crippen molar-refractivity contribution >= 4 is 21.9 Å². The van der Waals surface area contributed by atoms with Gasteiger partial charge in [-0.25, -0.2) is 0 Å². The van der Waals surface area contributed by atoms with Gasteiger partial charge < -0.3 is 9.52 Å². The maximum absolute atomic E-state index is 10.4. The van der Waals surface area contributed by atoms with Crippen LogP contribution in [-0.2, 0) is 0 Å². The van der Waals surface area contributed by atoms with Crippen LogP contribution in [0.4, 0.5) is 0 Å². The fraction of sp³-hybridized carbons (Fsp3) is 0.294. The zero-order chi connectivity index (χ0) is 12.8. The number of aliphatic hydroxyl groups excluding tert-OH is 1. The molecule has 0 amide bonds. The van der Waals surface area contributed by atoms with Crippen LogP contribution >= 0.6 is 0 Å². The van der Waals surface area contributed by atoms with Gasteiger partial charge in [0.05, 0.1) is 6.10 Å². The average Bonchev–Trinajstić information content (AvgIpc) is 2.74. The van der Waals surface area contributed by atoms with E-state index in [0.29, 0.717) is 5.92 Å². The first kappa shape index (κ1) is 11.1. The van der Waals surface area contributed by atoms with E-state index < -0.39 is 0 Å². The first-order chi connectivity index (χ1) is 9.33. The van der Waals surface area contributed by atoms with Gasteiger partial charge in [0.25, 0.3) is 0 Å². The van der Waals surface area contributed by atoms with Crippen molar-refractivity contribution in [3.05, 3.63) is 48.0 Å². The van der Waals surface area contributed by atoms with Gasteiger partial charge in [-0.15, -0.1) is 0 Å². The minimum atomic E-state index is -0.327. The Bertz CT molecular complexity index is 737. The van der Waals surface area contributed by atoms with Crippen LogP contribution in [0, 0.1) is 5.92 Å². The van der Waals surface area contributed by atoms with E-state index in [1.807, 2.05) is 30.3 Å². The summed E-state index contributed by atoms with van der Waals surface area (Å²) in [7, 11) is 0. The topological polar surface area (TPSA) is 33.4 Å². The van der Waals surface area contributed by atoms with Crippen LogP contribution in [-0.4, -0.2) is 5.11 Å². The van der Waals surface area contributed by atoms with Gasteiger partial charge in [0.2, 0.25) is 0 Å². The molecule has 0 bridgehead atoms. The number of hydrogen-bond acceptors (Lipinski definition) is 2. The van der Waals surface area contributed by atoms with E-state index in [-0.39, 0.29) is 6.10 Å². The third-order valence-electron chi connectivity index (χ3n) is 4.34. The molecular weight excluding hydrogens is 236 g/mol. The van der Waals surface area contributed by atoms with Crippen LogP contribution in [0.1, 0.15) is 30.9 Å². The van der Waals surface area contributed by atoms with Gasteiger partial charge in [0.1, 0.15) is 11.2 Å². The van der Waals surface area contributed by atoms with Crippen LogP contribution in [0.15, 0.2) is 46.9 Å². The van der Waals surface area contributed by atoms with Gasteiger partial charge in [-0.2, -0.15) is 0 Å². The summed E-state index contributed by atoms with van der Waals surface area (Å²) in [6.07, 6.45) is 3.21. The molecule has 1 unspecified atom stereocenters. The van der Waals surface area contributed by atoms with Crippen molar-refractivity contribution < 1.29 is 9.52 Å². The first-order valence-electron chi connectivity index (χ1n) is 6.92. The SMILES string of the molecule is OC(c1ccc2oc3ccccc3c2c1)C1CCC1. The van der Waals surface area contributed by atoms with Crippen molar-refractivity contribution in [2.45, 2.75) is 25.4 Å². The van der Waals surface area contributed by atoms with Gasteiger partial charge in [-0.05, 0) is 42.5 Å². The van der Waals surface area contributed by atoms with Crippen LogP contribution in [0.5, 0.6) is 0 Å². The Morgan fingerprint density at radius 3 is 2.58 bits per heavy atom. The number of hydrogen-bond donors (Lipinski definition) is 1. The Morgan fingerprint density at radius 1 is 1.00 bits per heavy atom. The third kappa shape index (κ3) is 1.67. The van der Waals surface area contributed by atoms with Gasteiger partial charge >= 0.3 is 0 Å². The monoisotopic (exact) mass is 252 g/mol. The predicted molar refractivity (Wildman–Crippen MR) is 76.0 cm³/mol. The van der Waals surface area contributed by atoms with Gasteiger partial charge in [-0.3, -0.25) is 0 Å². The number of furan rings is 1. The van der Waals surface area contributed by atoms with Crippen molar-refractivity contribution in [3.63, 3.8) is 0 Å². The highest BCUT2D eigenvalue weighted by atomic mass is 16.3. The first-order valence-corrected chi connectivity index (χ1v) is 6.92. The largest absolute Gasteiger partial charge is 0.456 e. The maximum Gasteiger partial charge on any atom is 0.135 e. The fourth-order valence-electron chi connectivity index (χ4n) is 2.96. The number of para-hydroxylation sites is 1. The summed E-state index contributed by atoms with van der Waals surface area (Å²) in [6, 6.07) is 14.1. The second kappa shape index (κ2) is 4.10. The van der Waals surface area contributed by atoms with E-state index in [4.69, 9.17) is 4.42 Å². The Labute approximate surface area is 111 Å². The van der Waals surface area contributed by atoms with Crippen molar-refractivity contribution in [2.75, 3.05) is 0 Å². The molecule has 0 spiro atoms. The maximum atomic E-state index is 10.4. The third-order valence-corrected chi connectivity index (χ3v) is 4.34. The van der Waals surface area contributed by atoms with Gasteiger partial charge in [-0.1, -0.05) is 30.7 Å². The van der Waals surface area contributed by atoms with Crippen molar-refractivity contribution in [2.24, 2.45) is 5.92 Å². The Balaban J connectivity index is 1.87. The Kier molecular flexibility index (Phi) is 2.39. The van der Waals surface area contributed by atoms with Crippen LogP contribution in [0.2, 0.25) is 0 Å². The molecule has 1 atom stereocenters. The molecule has 1 fully saturated rings. The Morgan fingerprint density at radius 2 is 1.79 bits per heavy atom. The quantitative estimate of drug-likeness (QED) is 0.732. The van der Waals surface area contributed by atoms with Gasteiger partial charge in [0.15, 0.2) is 0 Å². The lowest BCUT2D eigenvalue weighted by Crippen LogP contribution is -2.19. The molecule has 0 aliphatic heterocycles. The predicted octanol–water partition coefficient (Wildman–Crippen LogP) is 4.42. The molecular formula is C17H16O2. The Hall–Kier alpha value is -1.80. The zero-order valence-corrected chi connectivity index (χ0v) is 10.7. The molecule has 1 aliphatic carbocycles. The molecule has 96 valence electrons. The second-order valence-electron chi connectivity index (χ2n) is 5.49. The number of rotatable bonds is 2. The summed E-state index contributed by atoms with van der Waals surface area (Å²) in [5, 5.41) is 12.6. The summed E-state index contributed by atoms with van der Waals surface area (Å²) < 4.78 is 5.81. The standard InChI is InChI=1S/C17H16O2/c18-17(11-4-3-5-11)12-8-9-16-14(10-12)13-6-1-2-7-15(13)19-16/h1-2,6-11,17-18H,3-5H2. The minimum absolute atomic E-state index is 0.327. The van der Waals surface area contributed by atoms with Crippen molar-refractivity contribution in [1.29, 1.82) is 0 Å². The smallest absolute Gasteiger partial charge is 0.135 e. The molecule has 0 radical (unpaired) electrons. The normalized spacial score (nSPS) is 17.7. The lowest BCUT2D eigenvalue weighted by molar-refractivity contribution is 0.0622. The summed E-state index contributed by atoms with van der Waals surface area (Å²) in [5.41, 5.74) is 2.82. The number of aliphatic hydroxyl groups is 1. The molecule has 4 rings (SSSR count). The summed E-state index contributed by atoms with van der Waals surface area (Å²) >= 11 is 0. The lowest BCUT2D eigenvalue weighted by Gasteiger charge is -2.30. The highest BCUT2D eigenvalue weighted by molar-refractivity contribution is 6.04. The van der Waals surface area contributed by atoms with Gasteiger partial charge in [0, 0.05) is 10.8 Å². The molecule has 2 heteroatoms. The van der Waals surface area contributed by atoms with E-state index in [1.165, 1.54) is 6.42 Å².